The van der Waals surface area contributed by atoms with Crippen LogP contribution in [-0.4, -0.2) is 27.3 Å². The average Bonchev–Trinajstić information content (AvgIpc) is 2.96. The minimum absolute atomic E-state index is 0.171. The van der Waals surface area contributed by atoms with Crippen molar-refractivity contribution in [1.82, 2.24) is 10.2 Å². The fourth-order valence-electron chi connectivity index (χ4n) is 2.01. The van der Waals surface area contributed by atoms with Crippen molar-refractivity contribution in [2.24, 2.45) is 0 Å². The molecule has 108 valence electrons. The van der Waals surface area contributed by atoms with Gasteiger partial charge < -0.3 is 0 Å². The van der Waals surface area contributed by atoms with Crippen LogP contribution in [0.3, 0.4) is 0 Å². The van der Waals surface area contributed by atoms with Crippen LogP contribution in [0.15, 0.2) is 28.6 Å². The zero-order chi connectivity index (χ0) is 15.0. The predicted molar refractivity (Wildman–Crippen MR) is 82.9 cm³/mol. The van der Waals surface area contributed by atoms with Crippen LogP contribution >= 0.6 is 34.7 Å². The van der Waals surface area contributed by atoms with Gasteiger partial charge in [-0.1, -0.05) is 34.7 Å². The molecule has 0 N–H and O–H groups in total. The lowest BCUT2D eigenvalue weighted by Gasteiger charge is -2.14. The molecule has 21 heavy (non-hydrogen) atoms. The summed E-state index contributed by atoms with van der Waals surface area (Å²) in [4.78, 5) is 25.7. The van der Waals surface area contributed by atoms with Gasteiger partial charge in [0.1, 0.15) is 10.3 Å². The molecule has 1 aliphatic heterocycles. The fourth-order valence-corrected chi connectivity index (χ4v) is 4.21. The molecule has 1 aromatic carbocycles. The molecule has 1 aliphatic rings. The number of carbonyl (C=O) groups excluding carboxylic acids is 2. The van der Waals surface area contributed by atoms with E-state index in [4.69, 9.17) is 11.6 Å². The molecule has 0 bridgehead atoms. The lowest BCUT2D eigenvalue weighted by Crippen LogP contribution is -2.31. The first kappa shape index (κ1) is 14.5. The highest BCUT2D eigenvalue weighted by atomic mass is 35.5. The predicted octanol–water partition coefficient (Wildman–Crippen LogP) is 2.92. The van der Waals surface area contributed by atoms with E-state index >= 15 is 0 Å². The molecule has 1 aromatic heterocycles. The number of carbonyl (C=O) groups is 2. The summed E-state index contributed by atoms with van der Waals surface area (Å²) in [6, 6.07) is 6.65. The molecule has 0 unspecified atom stereocenters. The number of anilines is 1. The number of rotatable bonds is 3. The lowest BCUT2D eigenvalue weighted by molar-refractivity contribution is -0.121. The Kier molecular flexibility index (Phi) is 3.97. The number of amides is 2. The summed E-state index contributed by atoms with van der Waals surface area (Å²) >= 11 is 8.53. The van der Waals surface area contributed by atoms with E-state index in [9.17, 15) is 9.59 Å². The maximum atomic E-state index is 12.4. The van der Waals surface area contributed by atoms with Gasteiger partial charge in [0.2, 0.25) is 11.8 Å². The summed E-state index contributed by atoms with van der Waals surface area (Å²) in [5.41, 5.74) is 0.547. The van der Waals surface area contributed by atoms with E-state index < -0.39 is 5.25 Å². The third kappa shape index (κ3) is 2.95. The topological polar surface area (TPSA) is 63.2 Å². The van der Waals surface area contributed by atoms with Crippen LogP contribution in [-0.2, 0) is 9.59 Å². The summed E-state index contributed by atoms with van der Waals surface area (Å²) in [5.74, 6) is -0.429. The van der Waals surface area contributed by atoms with E-state index in [0.29, 0.717) is 15.0 Å². The van der Waals surface area contributed by atoms with Gasteiger partial charge in [-0.2, -0.15) is 0 Å². The van der Waals surface area contributed by atoms with Crippen LogP contribution in [0, 0.1) is 6.92 Å². The van der Waals surface area contributed by atoms with Crippen molar-refractivity contribution in [3.63, 3.8) is 0 Å². The Balaban J connectivity index is 1.80. The van der Waals surface area contributed by atoms with Crippen LogP contribution in [0.5, 0.6) is 0 Å². The molecular formula is C13H10ClN3O2S2. The van der Waals surface area contributed by atoms with Crippen LogP contribution in [0.1, 0.15) is 11.4 Å². The van der Waals surface area contributed by atoms with Crippen molar-refractivity contribution in [2.75, 3.05) is 4.90 Å². The van der Waals surface area contributed by atoms with Crippen molar-refractivity contribution in [3.8, 4) is 0 Å². The molecule has 0 saturated carbocycles. The van der Waals surface area contributed by atoms with Crippen molar-refractivity contribution in [1.29, 1.82) is 0 Å². The largest absolute Gasteiger partial charge is 0.274 e. The van der Waals surface area contributed by atoms with Gasteiger partial charge in [-0.25, -0.2) is 4.90 Å². The van der Waals surface area contributed by atoms with Crippen molar-refractivity contribution >= 4 is 52.2 Å². The Morgan fingerprint density at radius 1 is 1.29 bits per heavy atom. The Hall–Kier alpha value is -1.44. The molecule has 0 radical (unpaired) electrons. The molecule has 2 amide bonds. The molecule has 1 saturated heterocycles. The minimum atomic E-state index is -0.444. The molecular weight excluding hydrogens is 330 g/mol. The maximum absolute atomic E-state index is 12.4. The normalized spacial score (nSPS) is 18.6. The van der Waals surface area contributed by atoms with E-state index in [2.05, 4.69) is 10.2 Å². The van der Waals surface area contributed by atoms with Crippen LogP contribution < -0.4 is 4.90 Å². The first-order valence-corrected chi connectivity index (χ1v) is 8.21. The van der Waals surface area contributed by atoms with Gasteiger partial charge >= 0.3 is 0 Å². The molecule has 0 aliphatic carbocycles. The van der Waals surface area contributed by atoms with Gasteiger partial charge in [0.25, 0.3) is 0 Å². The number of aromatic nitrogens is 2. The molecule has 8 heteroatoms. The quantitative estimate of drug-likeness (QED) is 0.804. The third-order valence-corrected chi connectivity index (χ3v) is 5.30. The number of nitrogens with zero attached hydrogens (tertiary/aromatic N) is 3. The van der Waals surface area contributed by atoms with E-state index in [1.165, 1.54) is 28.0 Å². The SMILES string of the molecule is Cc1nnc(S[C@@H]2CC(=O)N(c3ccc(Cl)cc3)C2=O)s1. The standard InChI is InChI=1S/C13H10ClN3O2S2/c1-7-15-16-13(20-7)21-10-6-11(18)17(12(10)19)9-4-2-8(14)3-5-9/h2-5,10H,6H2,1H3/t10-/m1/s1. The summed E-state index contributed by atoms with van der Waals surface area (Å²) in [6.45, 7) is 1.85. The van der Waals surface area contributed by atoms with Crippen LogP contribution in [0.4, 0.5) is 5.69 Å². The molecule has 1 atom stereocenters. The second-order valence-corrected chi connectivity index (χ2v) is 7.51. The molecule has 2 heterocycles. The Morgan fingerprint density at radius 2 is 2.00 bits per heavy atom. The summed E-state index contributed by atoms with van der Waals surface area (Å²) in [5, 5.41) is 8.85. The van der Waals surface area contributed by atoms with Gasteiger partial charge in [-0.15, -0.1) is 10.2 Å². The third-order valence-electron chi connectivity index (χ3n) is 2.94. The summed E-state index contributed by atoms with van der Waals surface area (Å²) in [6.07, 6.45) is 0.171. The number of benzene rings is 1. The van der Waals surface area contributed by atoms with Crippen molar-refractivity contribution < 1.29 is 9.59 Å². The molecule has 3 rings (SSSR count). The van der Waals surface area contributed by atoms with E-state index in [-0.39, 0.29) is 18.2 Å². The highest BCUT2D eigenvalue weighted by Gasteiger charge is 2.40. The Labute approximate surface area is 134 Å². The first-order chi connectivity index (χ1) is 10.0. The smallest absolute Gasteiger partial charge is 0.247 e. The van der Waals surface area contributed by atoms with Crippen LogP contribution in [0.2, 0.25) is 5.02 Å². The highest BCUT2D eigenvalue weighted by Crippen LogP contribution is 2.35. The van der Waals surface area contributed by atoms with E-state index in [1.807, 2.05) is 6.92 Å². The van der Waals surface area contributed by atoms with Gasteiger partial charge in [0, 0.05) is 11.4 Å². The zero-order valence-electron chi connectivity index (χ0n) is 10.9. The number of aryl methyl sites for hydroxylation is 1. The van der Waals surface area contributed by atoms with Gasteiger partial charge in [-0.3, -0.25) is 9.59 Å². The lowest BCUT2D eigenvalue weighted by atomic mass is 10.3. The fraction of sp³-hybridized carbons (Fsp3) is 0.231. The number of hydrogen-bond donors (Lipinski definition) is 0. The van der Waals surface area contributed by atoms with E-state index in [1.54, 1.807) is 24.3 Å². The minimum Gasteiger partial charge on any atom is -0.274 e. The second-order valence-electron chi connectivity index (χ2n) is 4.44. The van der Waals surface area contributed by atoms with Gasteiger partial charge in [0.05, 0.1) is 5.69 Å². The summed E-state index contributed by atoms with van der Waals surface area (Å²) < 4.78 is 0.705. The van der Waals surface area contributed by atoms with Crippen molar-refractivity contribution in [3.05, 3.63) is 34.3 Å². The number of imide groups is 1. The van der Waals surface area contributed by atoms with E-state index in [0.717, 1.165) is 5.01 Å². The highest BCUT2D eigenvalue weighted by molar-refractivity contribution is 8.02. The molecule has 5 nitrogen and oxygen atoms in total. The molecule has 0 spiro atoms. The Morgan fingerprint density at radius 3 is 2.62 bits per heavy atom. The number of hydrogen-bond acceptors (Lipinski definition) is 6. The summed E-state index contributed by atoms with van der Waals surface area (Å²) in [7, 11) is 0. The number of halogens is 1. The van der Waals surface area contributed by atoms with Crippen molar-refractivity contribution in [2.45, 2.75) is 22.9 Å². The average molecular weight is 340 g/mol. The maximum Gasteiger partial charge on any atom is 0.247 e. The van der Waals surface area contributed by atoms with Crippen LogP contribution in [0.25, 0.3) is 0 Å². The molecule has 2 aromatic rings. The zero-order valence-corrected chi connectivity index (χ0v) is 13.3. The number of thioether (sulfide) groups is 1. The second kappa shape index (κ2) is 5.75. The van der Waals surface area contributed by atoms with Gasteiger partial charge in [-0.05, 0) is 31.2 Å². The molecule has 1 fully saturated rings. The van der Waals surface area contributed by atoms with Gasteiger partial charge in [0.15, 0.2) is 4.34 Å². The first-order valence-electron chi connectivity index (χ1n) is 6.14. The Bertz CT molecular complexity index is 702. The monoisotopic (exact) mass is 339 g/mol.